The number of H-pyrrole nitrogens is 1. The molecule has 4 rings (SSSR count). The van der Waals surface area contributed by atoms with Gasteiger partial charge in [0, 0.05) is 19.9 Å². The number of nitrogens with zero attached hydrogens (tertiary/aromatic N) is 1. The molecular weight excluding hydrogens is 418 g/mol. The summed E-state index contributed by atoms with van der Waals surface area (Å²) >= 11 is 0. The number of hydrogen-bond acceptors (Lipinski definition) is 7. The number of methoxy groups -OCH3 is 1. The summed E-state index contributed by atoms with van der Waals surface area (Å²) < 4.78 is 11.7. The first kappa shape index (κ1) is 21.9. The Morgan fingerprint density at radius 1 is 1.22 bits per heavy atom. The van der Waals surface area contributed by atoms with Crippen LogP contribution in [0.25, 0.3) is 10.8 Å². The predicted molar refractivity (Wildman–Crippen MR) is 114 cm³/mol. The van der Waals surface area contributed by atoms with Crippen molar-refractivity contribution in [3.63, 3.8) is 0 Å². The number of aromatic nitrogens is 2. The molecule has 1 saturated heterocycles. The molecule has 0 bridgehead atoms. The monoisotopic (exact) mass is 441 g/mol. The number of carbonyl (C=O) groups excluding carboxylic acids is 1. The summed E-state index contributed by atoms with van der Waals surface area (Å²) in [6.45, 7) is -0.317. The fraction of sp³-hybridized carbons (Fsp3) is 0.318. The summed E-state index contributed by atoms with van der Waals surface area (Å²) in [6, 6.07) is 13.6. The number of aliphatic hydroxyl groups excluding tert-OH is 2. The third-order valence-corrected chi connectivity index (χ3v) is 5.52. The zero-order valence-corrected chi connectivity index (χ0v) is 17.2. The average Bonchev–Trinajstić information content (AvgIpc) is 3.12. The molecule has 1 aromatic heterocycles. The first-order chi connectivity index (χ1) is 15.4. The Labute approximate surface area is 182 Å². The quantitative estimate of drug-likeness (QED) is 0.418. The molecule has 168 valence electrons. The summed E-state index contributed by atoms with van der Waals surface area (Å²) in [5.41, 5.74) is -1.15. The molecule has 0 saturated carbocycles. The Kier molecular flexibility index (Phi) is 6.19. The fourth-order valence-corrected chi connectivity index (χ4v) is 3.81. The van der Waals surface area contributed by atoms with E-state index < -0.39 is 48.3 Å². The van der Waals surface area contributed by atoms with Crippen molar-refractivity contribution in [2.45, 2.75) is 31.1 Å². The van der Waals surface area contributed by atoms with Crippen molar-refractivity contribution in [3.8, 4) is 0 Å². The number of rotatable bonds is 6. The molecule has 10 nitrogen and oxygen atoms in total. The number of fused-ring (bicyclic) bond motifs is 1. The van der Waals surface area contributed by atoms with Gasteiger partial charge in [0.2, 0.25) is 0 Å². The van der Waals surface area contributed by atoms with E-state index in [0.29, 0.717) is 0 Å². The summed E-state index contributed by atoms with van der Waals surface area (Å²) in [6.07, 6.45) is -3.22. The van der Waals surface area contributed by atoms with Crippen LogP contribution in [0.3, 0.4) is 0 Å². The summed E-state index contributed by atoms with van der Waals surface area (Å²) in [5.74, 6) is -0.681. The lowest BCUT2D eigenvalue weighted by atomic mass is 10.1. The van der Waals surface area contributed by atoms with Gasteiger partial charge in [-0.15, -0.1) is 0 Å². The van der Waals surface area contributed by atoms with Crippen LogP contribution >= 0.6 is 0 Å². The van der Waals surface area contributed by atoms with E-state index in [4.69, 9.17) is 9.47 Å². The molecular formula is C22H23N3O7. The zero-order chi connectivity index (χ0) is 22.8. The van der Waals surface area contributed by atoms with Crippen molar-refractivity contribution >= 4 is 16.7 Å². The molecule has 1 aliphatic heterocycles. The molecule has 0 aliphatic carbocycles. The number of hydrogen-bond donors (Lipinski definition) is 4. The maximum absolute atomic E-state index is 12.7. The summed E-state index contributed by atoms with van der Waals surface area (Å²) in [4.78, 5) is 39.4. The Morgan fingerprint density at radius 3 is 2.69 bits per heavy atom. The van der Waals surface area contributed by atoms with Crippen LogP contribution in [0.4, 0.5) is 0 Å². The van der Waals surface area contributed by atoms with Gasteiger partial charge in [0.25, 0.3) is 11.5 Å². The summed E-state index contributed by atoms with van der Waals surface area (Å²) in [5, 5.41) is 24.3. The van der Waals surface area contributed by atoms with Gasteiger partial charge in [-0.25, -0.2) is 4.79 Å². The highest BCUT2D eigenvalue weighted by atomic mass is 16.6. The van der Waals surface area contributed by atoms with Crippen molar-refractivity contribution in [3.05, 3.63) is 80.6 Å². The van der Waals surface area contributed by atoms with Crippen molar-refractivity contribution in [1.82, 2.24) is 14.9 Å². The molecule has 2 aromatic carbocycles. The number of ether oxygens (including phenoxy) is 2. The number of aliphatic hydroxyl groups is 2. The van der Waals surface area contributed by atoms with Crippen LogP contribution in [-0.2, 0) is 16.0 Å². The van der Waals surface area contributed by atoms with E-state index in [2.05, 4.69) is 10.3 Å². The second kappa shape index (κ2) is 9.05. The molecule has 1 fully saturated rings. The molecule has 3 aromatic rings. The van der Waals surface area contributed by atoms with Crippen LogP contribution < -0.4 is 16.6 Å². The van der Waals surface area contributed by atoms with E-state index in [1.165, 1.54) is 7.11 Å². The second-order valence-electron chi connectivity index (χ2n) is 7.51. The molecule has 1 aliphatic rings. The fourth-order valence-electron chi connectivity index (χ4n) is 3.81. The highest BCUT2D eigenvalue weighted by Gasteiger charge is 2.45. The minimum atomic E-state index is -1.20. The highest BCUT2D eigenvalue weighted by Crippen LogP contribution is 2.30. The molecule has 4 atom stereocenters. The smallest absolute Gasteiger partial charge is 0.330 e. The van der Waals surface area contributed by atoms with Crippen LogP contribution in [0.1, 0.15) is 22.1 Å². The first-order valence-corrected chi connectivity index (χ1v) is 10.0. The molecule has 0 spiro atoms. The van der Waals surface area contributed by atoms with Gasteiger partial charge in [-0.2, -0.15) is 0 Å². The number of nitrogens with one attached hydrogen (secondary N) is 2. The van der Waals surface area contributed by atoms with Gasteiger partial charge in [-0.05, 0) is 22.4 Å². The van der Waals surface area contributed by atoms with Crippen LogP contribution in [-0.4, -0.2) is 57.7 Å². The van der Waals surface area contributed by atoms with E-state index in [-0.39, 0.29) is 12.1 Å². The second-order valence-corrected chi connectivity index (χ2v) is 7.51. The van der Waals surface area contributed by atoms with Crippen LogP contribution in [0, 0.1) is 0 Å². The van der Waals surface area contributed by atoms with Crippen molar-refractivity contribution in [2.75, 3.05) is 13.7 Å². The van der Waals surface area contributed by atoms with E-state index in [1.54, 1.807) is 0 Å². The maximum atomic E-state index is 12.7. The lowest BCUT2D eigenvalue weighted by Crippen LogP contribution is -2.41. The highest BCUT2D eigenvalue weighted by molar-refractivity contribution is 5.93. The molecule has 10 heteroatoms. The molecule has 32 heavy (non-hydrogen) atoms. The topological polar surface area (TPSA) is 143 Å². The van der Waals surface area contributed by atoms with E-state index in [9.17, 15) is 24.6 Å². The van der Waals surface area contributed by atoms with Crippen molar-refractivity contribution in [1.29, 1.82) is 0 Å². The lowest BCUT2D eigenvalue weighted by Gasteiger charge is -2.20. The minimum absolute atomic E-state index is 0.175. The zero-order valence-electron chi connectivity index (χ0n) is 17.2. The molecule has 1 amide bonds. The van der Waals surface area contributed by atoms with Gasteiger partial charge >= 0.3 is 5.69 Å². The lowest BCUT2D eigenvalue weighted by molar-refractivity contribution is -0.0626. The van der Waals surface area contributed by atoms with Crippen LogP contribution in [0.2, 0.25) is 0 Å². The summed E-state index contributed by atoms with van der Waals surface area (Å²) in [7, 11) is 1.32. The van der Waals surface area contributed by atoms with Gasteiger partial charge in [0.15, 0.2) is 6.23 Å². The molecule has 2 heterocycles. The Morgan fingerprint density at radius 2 is 1.97 bits per heavy atom. The van der Waals surface area contributed by atoms with E-state index in [0.717, 1.165) is 27.1 Å². The number of benzene rings is 2. The minimum Gasteiger partial charge on any atom is -0.394 e. The van der Waals surface area contributed by atoms with Gasteiger partial charge in [-0.1, -0.05) is 36.4 Å². The Hall–Kier alpha value is -3.31. The number of carbonyl (C=O) groups is 1. The SMILES string of the molecule is CO[C@@H]1[C@H](O)[C@@H](CO)O[C@H]1n1cc(C(=O)NCc2ccc3ccccc3c2)c(=O)[nH]c1=O. The third kappa shape index (κ3) is 4.08. The van der Waals surface area contributed by atoms with Crippen molar-refractivity contribution < 1.29 is 24.5 Å². The van der Waals surface area contributed by atoms with Crippen molar-refractivity contribution in [2.24, 2.45) is 0 Å². The molecule has 0 unspecified atom stereocenters. The van der Waals surface area contributed by atoms with Gasteiger partial charge in [0.05, 0.1) is 6.61 Å². The van der Waals surface area contributed by atoms with Gasteiger partial charge in [0.1, 0.15) is 23.9 Å². The molecule has 4 N–H and O–H groups in total. The van der Waals surface area contributed by atoms with Crippen LogP contribution in [0.15, 0.2) is 58.3 Å². The Bertz CT molecular complexity index is 1250. The molecule has 0 radical (unpaired) electrons. The van der Waals surface area contributed by atoms with Crippen LogP contribution in [0.5, 0.6) is 0 Å². The van der Waals surface area contributed by atoms with E-state index in [1.807, 2.05) is 42.5 Å². The largest absolute Gasteiger partial charge is 0.394 e. The van der Waals surface area contributed by atoms with E-state index >= 15 is 0 Å². The first-order valence-electron chi connectivity index (χ1n) is 10.0. The maximum Gasteiger partial charge on any atom is 0.330 e. The van der Waals surface area contributed by atoms with Gasteiger partial charge in [-0.3, -0.25) is 19.1 Å². The number of aromatic amines is 1. The number of amides is 1. The predicted octanol–water partition coefficient (Wildman–Crippen LogP) is -0.115. The Balaban J connectivity index is 1.57. The normalized spacial score (nSPS) is 22.8. The average molecular weight is 441 g/mol. The van der Waals surface area contributed by atoms with Gasteiger partial charge < -0.3 is 25.0 Å². The standard InChI is InChI=1S/C22H23N3O7/c1-31-18-17(27)16(11-26)32-21(18)25-10-15(20(29)24-22(25)30)19(28)23-9-12-6-7-13-4-2-3-5-14(13)8-12/h2-8,10,16-18,21,26-27H,9,11H2,1H3,(H,23,28)(H,24,29,30)/t16-,17-,18-,21-/m1/s1. The third-order valence-electron chi connectivity index (χ3n) is 5.52.